The molecule has 2 amide bonds. The Balaban J connectivity index is 1.50. The van der Waals surface area contributed by atoms with Crippen molar-refractivity contribution in [2.45, 2.75) is 38.6 Å². The Hall–Kier alpha value is -1.55. The number of hydrogen-bond acceptors (Lipinski definition) is 2. The highest BCUT2D eigenvalue weighted by Gasteiger charge is 2.36. The van der Waals surface area contributed by atoms with Crippen molar-refractivity contribution in [2.75, 3.05) is 13.1 Å². The van der Waals surface area contributed by atoms with Crippen molar-refractivity contribution in [1.82, 2.24) is 10.2 Å². The molecule has 1 aliphatic heterocycles. The second-order valence-corrected chi connectivity index (χ2v) is 7.10. The third-order valence-corrected chi connectivity index (χ3v) is 5.05. The number of amides is 2. The summed E-state index contributed by atoms with van der Waals surface area (Å²) in [4.78, 5) is 26.4. The van der Waals surface area contributed by atoms with E-state index in [0.717, 1.165) is 31.2 Å². The van der Waals surface area contributed by atoms with E-state index in [4.69, 9.17) is 11.6 Å². The van der Waals surface area contributed by atoms with Gasteiger partial charge in [0.2, 0.25) is 11.8 Å². The fourth-order valence-electron chi connectivity index (χ4n) is 3.14. The highest BCUT2D eigenvalue weighted by molar-refractivity contribution is 6.30. The lowest BCUT2D eigenvalue weighted by Gasteiger charge is -2.32. The summed E-state index contributed by atoms with van der Waals surface area (Å²) in [6.07, 6.45) is 3.59. The summed E-state index contributed by atoms with van der Waals surface area (Å²) in [5.74, 6) is 0.635. The van der Waals surface area contributed by atoms with Gasteiger partial charge in [0.15, 0.2) is 0 Å². The normalized spacial score (nSPS) is 20.2. The van der Waals surface area contributed by atoms with Crippen LogP contribution < -0.4 is 5.32 Å². The molecule has 0 aromatic heterocycles. The summed E-state index contributed by atoms with van der Waals surface area (Å²) < 4.78 is 0. The number of rotatable bonds is 4. The van der Waals surface area contributed by atoms with Crippen molar-refractivity contribution in [2.24, 2.45) is 11.8 Å². The number of halogens is 1. The van der Waals surface area contributed by atoms with Crippen LogP contribution >= 0.6 is 11.6 Å². The van der Waals surface area contributed by atoms with Crippen molar-refractivity contribution in [3.05, 3.63) is 34.9 Å². The molecule has 1 saturated heterocycles. The van der Waals surface area contributed by atoms with E-state index in [1.807, 2.05) is 36.1 Å². The molecule has 4 nitrogen and oxygen atoms in total. The fraction of sp³-hybridized carbons (Fsp3) is 0.556. The number of piperidine rings is 1. The zero-order valence-electron chi connectivity index (χ0n) is 13.4. The molecular weight excluding hydrogens is 312 g/mol. The molecular formula is C18H23ClN2O2. The molecule has 1 atom stereocenters. The molecule has 1 saturated carbocycles. The van der Waals surface area contributed by atoms with Crippen LogP contribution in [0.3, 0.4) is 0 Å². The molecule has 3 rings (SSSR count). The molecule has 0 radical (unpaired) electrons. The first-order valence-corrected chi connectivity index (χ1v) is 8.77. The largest absolute Gasteiger partial charge is 0.349 e. The van der Waals surface area contributed by atoms with Crippen LogP contribution in [0.4, 0.5) is 0 Å². The Labute approximate surface area is 142 Å². The lowest BCUT2D eigenvalue weighted by Crippen LogP contribution is -2.44. The van der Waals surface area contributed by atoms with E-state index in [1.165, 1.54) is 0 Å². The number of nitrogens with one attached hydrogen (secondary N) is 1. The molecule has 23 heavy (non-hydrogen) atoms. The van der Waals surface area contributed by atoms with Gasteiger partial charge >= 0.3 is 0 Å². The van der Waals surface area contributed by atoms with Crippen LogP contribution in [0.2, 0.25) is 5.02 Å². The summed E-state index contributed by atoms with van der Waals surface area (Å²) in [5, 5.41) is 3.75. The molecule has 124 valence electrons. The SMILES string of the molecule is CC(NC(=O)C1CCN(C(=O)C2CC2)CC1)c1cccc(Cl)c1. The van der Waals surface area contributed by atoms with E-state index >= 15 is 0 Å². The van der Waals surface area contributed by atoms with E-state index < -0.39 is 0 Å². The molecule has 1 heterocycles. The zero-order chi connectivity index (χ0) is 16.4. The summed E-state index contributed by atoms with van der Waals surface area (Å²) in [6.45, 7) is 3.38. The van der Waals surface area contributed by atoms with Crippen LogP contribution in [-0.4, -0.2) is 29.8 Å². The number of benzene rings is 1. The first kappa shape index (κ1) is 16.3. The first-order chi connectivity index (χ1) is 11.0. The summed E-state index contributed by atoms with van der Waals surface area (Å²) in [6, 6.07) is 7.50. The first-order valence-electron chi connectivity index (χ1n) is 8.39. The number of nitrogens with zero attached hydrogens (tertiary/aromatic N) is 1. The molecule has 0 bridgehead atoms. The van der Waals surface area contributed by atoms with Crippen LogP contribution in [0.1, 0.15) is 44.2 Å². The van der Waals surface area contributed by atoms with Gasteiger partial charge in [-0.1, -0.05) is 23.7 Å². The van der Waals surface area contributed by atoms with Gasteiger partial charge in [0.05, 0.1) is 6.04 Å². The van der Waals surface area contributed by atoms with Gasteiger partial charge in [0.25, 0.3) is 0 Å². The Morgan fingerprint density at radius 3 is 2.48 bits per heavy atom. The molecule has 5 heteroatoms. The second-order valence-electron chi connectivity index (χ2n) is 6.66. The maximum Gasteiger partial charge on any atom is 0.225 e. The third kappa shape index (κ3) is 4.05. The summed E-state index contributed by atoms with van der Waals surface area (Å²) in [7, 11) is 0. The molecule has 2 fully saturated rings. The van der Waals surface area contributed by atoms with Crippen LogP contribution in [0.5, 0.6) is 0 Å². The lowest BCUT2D eigenvalue weighted by atomic mass is 9.95. The van der Waals surface area contributed by atoms with Crippen LogP contribution in [0, 0.1) is 11.8 Å². The van der Waals surface area contributed by atoms with Crippen molar-refractivity contribution < 1.29 is 9.59 Å². The Morgan fingerprint density at radius 2 is 1.87 bits per heavy atom. The van der Waals surface area contributed by atoms with Gasteiger partial charge in [-0.25, -0.2) is 0 Å². The Kier molecular flexibility index (Phi) is 4.90. The third-order valence-electron chi connectivity index (χ3n) is 4.81. The predicted octanol–water partition coefficient (Wildman–Crippen LogP) is 3.17. The van der Waals surface area contributed by atoms with Crippen molar-refractivity contribution >= 4 is 23.4 Å². The number of carbonyl (C=O) groups is 2. The second kappa shape index (κ2) is 6.91. The molecule has 0 spiro atoms. The monoisotopic (exact) mass is 334 g/mol. The molecule has 1 aromatic rings. The zero-order valence-corrected chi connectivity index (χ0v) is 14.2. The maximum absolute atomic E-state index is 12.4. The minimum atomic E-state index is -0.0627. The van der Waals surface area contributed by atoms with Gasteiger partial charge in [0, 0.05) is 29.9 Å². The number of carbonyl (C=O) groups excluding carboxylic acids is 2. The van der Waals surface area contributed by atoms with E-state index in [0.29, 0.717) is 18.1 Å². The van der Waals surface area contributed by atoms with Crippen LogP contribution in [-0.2, 0) is 9.59 Å². The van der Waals surface area contributed by atoms with E-state index in [-0.39, 0.29) is 29.7 Å². The minimum absolute atomic E-state index is 0.000104. The highest BCUT2D eigenvalue weighted by atomic mass is 35.5. The van der Waals surface area contributed by atoms with E-state index in [2.05, 4.69) is 5.32 Å². The van der Waals surface area contributed by atoms with E-state index in [9.17, 15) is 9.59 Å². The number of likely N-dealkylation sites (tertiary alicyclic amines) is 1. The molecule has 1 unspecified atom stereocenters. The molecule has 1 aliphatic carbocycles. The van der Waals surface area contributed by atoms with Crippen molar-refractivity contribution in [1.29, 1.82) is 0 Å². The highest BCUT2D eigenvalue weighted by Crippen LogP contribution is 2.32. The van der Waals surface area contributed by atoms with Crippen LogP contribution in [0.15, 0.2) is 24.3 Å². The maximum atomic E-state index is 12.4. The Bertz CT molecular complexity index is 592. The van der Waals surface area contributed by atoms with Crippen LogP contribution in [0.25, 0.3) is 0 Å². The standard InChI is InChI=1S/C18H23ClN2O2/c1-12(15-3-2-4-16(19)11-15)20-17(22)13-7-9-21(10-8-13)18(23)14-5-6-14/h2-4,11-14H,5-10H2,1H3,(H,20,22). The smallest absolute Gasteiger partial charge is 0.225 e. The molecule has 1 N–H and O–H groups in total. The van der Waals surface area contributed by atoms with Gasteiger partial charge in [-0.2, -0.15) is 0 Å². The minimum Gasteiger partial charge on any atom is -0.349 e. The van der Waals surface area contributed by atoms with Gasteiger partial charge in [-0.3, -0.25) is 9.59 Å². The van der Waals surface area contributed by atoms with Crippen molar-refractivity contribution in [3.63, 3.8) is 0 Å². The van der Waals surface area contributed by atoms with E-state index in [1.54, 1.807) is 0 Å². The topological polar surface area (TPSA) is 49.4 Å². The molecule has 2 aliphatic rings. The Morgan fingerprint density at radius 1 is 1.17 bits per heavy atom. The van der Waals surface area contributed by atoms with Gasteiger partial charge in [0.1, 0.15) is 0 Å². The average Bonchev–Trinajstić information content (AvgIpc) is 3.39. The van der Waals surface area contributed by atoms with Crippen molar-refractivity contribution in [3.8, 4) is 0 Å². The molecule has 1 aromatic carbocycles. The summed E-state index contributed by atoms with van der Waals surface area (Å²) >= 11 is 6.00. The van der Waals surface area contributed by atoms with Gasteiger partial charge in [-0.15, -0.1) is 0 Å². The van der Waals surface area contributed by atoms with Gasteiger partial charge in [-0.05, 0) is 50.3 Å². The number of hydrogen-bond donors (Lipinski definition) is 1. The van der Waals surface area contributed by atoms with Gasteiger partial charge < -0.3 is 10.2 Å². The summed E-state index contributed by atoms with van der Waals surface area (Å²) in [5.41, 5.74) is 1.01. The average molecular weight is 335 g/mol. The lowest BCUT2D eigenvalue weighted by molar-refractivity contribution is -0.136. The quantitative estimate of drug-likeness (QED) is 0.919. The fourth-order valence-corrected chi connectivity index (χ4v) is 3.34. The predicted molar refractivity (Wildman–Crippen MR) is 90.0 cm³/mol.